The molecule has 2 amide bonds. The van der Waals surface area contributed by atoms with Gasteiger partial charge < -0.3 is 9.80 Å². The van der Waals surface area contributed by atoms with Crippen LogP contribution in [0.4, 0.5) is 0 Å². The summed E-state index contributed by atoms with van der Waals surface area (Å²) >= 11 is 0. The molecular formula is C12H20N2O6S2. The van der Waals surface area contributed by atoms with E-state index in [1.165, 1.54) is 14.1 Å². The van der Waals surface area contributed by atoms with Crippen LogP contribution in [-0.2, 0) is 29.3 Å². The minimum atomic E-state index is -3.15. The second-order valence-corrected chi connectivity index (χ2v) is 10.4. The van der Waals surface area contributed by atoms with E-state index in [4.69, 9.17) is 0 Å². The fraction of sp³-hybridized carbons (Fsp3) is 0.833. The number of hydrogen-bond acceptors (Lipinski definition) is 6. The van der Waals surface area contributed by atoms with E-state index >= 15 is 0 Å². The molecule has 2 aliphatic heterocycles. The van der Waals surface area contributed by atoms with E-state index in [0.29, 0.717) is 12.8 Å². The first-order chi connectivity index (χ1) is 10.0. The summed E-state index contributed by atoms with van der Waals surface area (Å²) in [6.07, 6.45) is 0.638. The Hall–Kier alpha value is -1.16. The van der Waals surface area contributed by atoms with Gasteiger partial charge in [-0.2, -0.15) is 0 Å². The van der Waals surface area contributed by atoms with Gasteiger partial charge in [0.05, 0.1) is 23.0 Å². The molecule has 0 radical (unpaired) electrons. The Morgan fingerprint density at radius 2 is 1.09 bits per heavy atom. The van der Waals surface area contributed by atoms with Crippen LogP contribution in [0.3, 0.4) is 0 Å². The molecule has 0 aromatic heterocycles. The predicted octanol–water partition coefficient (Wildman–Crippen LogP) is -1.72. The van der Waals surface area contributed by atoms with E-state index in [-0.39, 0.29) is 23.0 Å². The summed E-state index contributed by atoms with van der Waals surface area (Å²) in [6, 6.07) is -0.996. The van der Waals surface area contributed by atoms with E-state index in [0.717, 1.165) is 9.80 Å². The molecule has 2 heterocycles. The third-order valence-corrected chi connectivity index (χ3v) is 7.84. The summed E-state index contributed by atoms with van der Waals surface area (Å²) in [4.78, 5) is 26.7. The lowest BCUT2D eigenvalue weighted by atomic mass is 10.2. The normalized spacial score (nSPS) is 29.2. The zero-order valence-electron chi connectivity index (χ0n) is 12.6. The molecule has 0 bridgehead atoms. The number of nitrogens with zero attached hydrogens (tertiary/aromatic N) is 2. The summed E-state index contributed by atoms with van der Waals surface area (Å²) < 4.78 is 45.8. The third kappa shape index (κ3) is 3.60. The van der Waals surface area contributed by atoms with Crippen molar-refractivity contribution in [1.82, 2.24) is 9.80 Å². The van der Waals surface area contributed by atoms with Crippen LogP contribution in [0.15, 0.2) is 0 Å². The molecular weight excluding hydrogens is 332 g/mol. The highest BCUT2D eigenvalue weighted by Crippen LogP contribution is 2.19. The predicted molar refractivity (Wildman–Crippen MR) is 79.7 cm³/mol. The number of rotatable bonds is 2. The van der Waals surface area contributed by atoms with Crippen molar-refractivity contribution in [2.45, 2.75) is 24.9 Å². The second-order valence-electron chi connectivity index (χ2n) is 5.95. The molecule has 0 spiro atoms. The molecule has 0 saturated carbocycles. The highest BCUT2D eigenvalue weighted by molar-refractivity contribution is 7.91. The number of carbonyl (C=O) groups is 2. The highest BCUT2D eigenvalue weighted by Gasteiger charge is 2.38. The minimum Gasteiger partial charge on any atom is -0.333 e. The lowest BCUT2D eigenvalue weighted by Gasteiger charge is -2.28. The van der Waals surface area contributed by atoms with Gasteiger partial charge in [-0.3, -0.25) is 9.59 Å². The second kappa shape index (κ2) is 5.80. The van der Waals surface area contributed by atoms with Gasteiger partial charge in [0.1, 0.15) is 0 Å². The molecule has 2 rings (SSSR count). The van der Waals surface area contributed by atoms with Gasteiger partial charge in [-0.15, -0.1) is 0 Å². The van der Waals surface area contributed by atoms with Crippen LogP contribution in [0.2, 0.25) is 0 Å². The Kier molecular flexibility index (Phi) is 4.54. The van der Waals surface area contributed by atoms with Gasteiger partial charge >= 0.3 is 11.8 Å². The van der Waals surface area contributed by atoms with Crippen LogP contribution in [0.1, 0.15) is 12.8 Å². The molecule has 0 N–H and O–H groups in total. The third-order valence-electron chi connectivity index (χ3n) is 4.34. The van der Waals surface area contributed by atoms with Gasteiger partial charge in [0.2, 0.25) is 0 Å². The van der Waals surface area contributed by atoms with Crippen molar-refractivity contribution >= 4 is 31.5 Å². The van der Waals surface area contributed by atoms with Crippen LogP contribution in [-0.4, -0.2) is 87.6 Å². The number of hydrogen-bond donors (Lipinski definition) is 0. The Labute approximate surface area is 130 Å². The lowest BCUT2D eigenvalue weighted by Crippen LogP contribution is -2.49. The van der Waals surface area contributed by atoms with Crippen LogP contribution < -0.4 is 0 Å². The highest BCUT2D eigenvalue weighted by atomic mass is 32.2. The van der Waals surface area contributed by atoms with Crippen LogP contribution in [0.25, 0.3) is 0 Å². The molecule has 0 aromatic rings. The van der Waals surface area contributed by atoms with Crippen molar-refractivity contribution in [2.75, 3.05) is 37.1 Å². The molecule has 0 unspecified atom stereocenters. The van der Waals surface area contributed by atoms with Gasteiger partial charge in [0, 0.05) is 26.2 Å². The first-order valence-electron chi connectivity index (χ1n) is 6.97. The van der Waals surface area contributed by atoms with Crippen molar-refractivity contribution in [3.8, 4) is 0 Å². The van der Waals surface area contributed by atoms with Crippen molar-refractivity contribution in [1.29, 1.82) is 0 Å². The Morgan fingerprint density at radius 1 is 0.773 bits per heavy atom. The molecule has 2 atom stereocenters. The molecule has 0 aliphatic carbocycles. The van der Waals surface area contributed by atoms with Gasteiger partial charge in [0.25, 0.3) is 0 Å². The summed E-state index contributed by atoms with van der Waals surface area (Å²) in [5, 5.41) is 0. The van der Waals surface area contributed by atoms with Crippen molar-refractivity contribution in [3.63, 3.8) is 0 Å². The molecule has 8 nitrogen and oxygen atoms in total. The van der Waals surface area contributed by atoms with Crippen LogP contribution >= 0.6 is 0 Å². The van der Waals surface area contributed by atoms with E-state index in [9.17, 15) is 26.4 Å². The lowest BCUT2D eigenvalue weighted by molar-refractivity contribution is -0.152. The fourth-order valence-electron chi connectivity index (χ4n) is 2.80. The minimum absolute atomic E-state index is 0.0141. The standard InChI is InChI=1S/C12H20N2O6S2/c1-13(9-3-5-21(17,18)7-9)11(15)12(16)14(2)10-4-6-22(19,20)8-10/h9-10H,3-8H2,1-2H3/t9-,10-/m0/s1. The molecule has 22 heavy (non-hydrogen) atoms. The molecule has 2 fully saturated rings. The molecule has 0 aromatic carbocycles. The number of likely N-dealkylation sites (N-methyl/N-ethyl adjacent to an activating group) is 2. The SMILES string of the molecule is CN(C(=O)C(=O)N(C)[C@H]1CCS(=O)(=O)C1)[C@H]1CCS(=O)(=O)C1. The summed E-state index contributed by atoms with van der Waals surface area (Å²) in [5.74, 6) is -1.84. The molecule has 126 valence electrons. The Morgan fingerprint density at radius 3 is 1.32 bits per heavy atom. The maximum Gasteiger partial charge on any atom is 0.312 e. The van der Waals surface area contributed by atoms with Crippen molar-refractivity contribution < 1.29 is 26.4 Å². The zero-order valence-corrected chi connectivity index (χ0v) is 14.2. The van der Waals surface area contributed by atoms with Gasteiger partial charge in [-0.25, -0.2) is 16.8 Å². The smallest absolute Gasteiger partial charge is 0.312 e. The molecule has 10 heteroatoms. The van der Waals surface area contributed by atoms with E-state index in [1.807, 2.05) is 0 Å². The van der Waals surface area contributed by atoms with Gasteiger partial charge in [0.15, 0.2) is 19.7 Å². The number of amides is 2. The first kappa shape index (κ1) is 17.2. The molecule has 2 aliphatic rings. The summed E-state index contributed by atoms with van der Waals surface area (Å²) in [5.41, 5.74) is 0. The quantitative estimate of drug-likeness (QED) is 0.547. The fourth-order valence-corrected chi connectivity index (χ4v) is 6.34. The summed E-state index contributed by atoms with van der Waals surface area (Å²) in [7, 11) is -3.48. The van der Waals surface area contributed by atoms with Crippen LogP contribution in [0, 0.1) is 0 Å². The maximum atomic E-state index is 12.2. The van der Waals surface area contributed by atoms with E-state index < -0.39 is 43.6 Å². The average molecular weight is 352 g/mol. The van der Waals surface area contributed by atoms with Crippen LogP contribution in [0.5, 0.6) is 0 Å². The van der Waals surface area contributed by atoms with E-state index in [2.05, 4.69) is 0 Å². The van der Waals surface area contributed by atoms with Gasteiger partial charge in [-0.05, 0) is 12.8 Å². The summed E-state index contributed by atoms with van der Waals surface area (Å²) in [6.45, 7) is 0. The maximum absolute atomic E-state index is 12.2. The number of carbonyl (C=O) groups excluding carboxylic acids is 2. The molecule has 2 saturated heterocycles. The van der Waals surface area contributed by atoms with Crippen molar-refractivity contribution in [2.24, 2.45) is 0 Å². The number of sulfone groups is 2. The van der Waals surface area contributed by atoms with Gasteiger partial charge in [-0.1, -0.05) is 0 Å². The Balaban J connectivity index is 2.01. The van der Waals surface area contributed by atoms with E-state index in [1.54, 1.807) is 0 Å². The Bertz CT molecular complexity index is 624. The topological polar surface area (TPSA) is 109 Å². The zero-order chi connectivity index (χ0) is 16.7. The monoisotopic (exact) mass is 352 g/mol. The first-order valence-corrected chi connectivity index (χ1v) is 10.6. The largest absolute Gasteiger partial charge is 0.333 e. The average Bonchev–Trinajstić information content (AvgIpc) is 2.97. The van der Waals surface area contributed by atoms with Crippen molar-refractivity contribution in [3.05, 3.63) is 0 Å².